The summed E-state index contributed by atoms with van der Waals surface area (Å²) in [5, 5.41) is 9.23. The molecule has 0 aliphatic carbocycles. The number of rotatable bonds is 4. The Morgan fingerprint density at radius 1 is 1.15 bits per heavy atom. The highest BCUT2D eigenvalue weighted by Crippen LogP contribution is 2.13. The number of phenols is 1. The number of carbonyl (C=O) groups is 1. The molecule has 0 aliphatic rings. The van der Waals surface area contributed by atoms with Crippen molar-refractivity contribution in [2.75, 3.05) is 7.05 Å². The molecule has 0 atom stereocenters. The molecule has 1 amide bonds. The molecule has 4 heteroatoms. The fourth-order valence-corrected chi connectivity index (χ4v) is 2.03. The Morgan fingerprint density at radius 3 is 2.45 bits per heavy atom. The lowest BCUT2D eigenvalue weighted by Gasteiger charge is -2.17. The standard InChI is InChI=1S/C16H18N2O2/c1-18(11-13-4-2-3-12(9-13)10-17)16(20)14-5-7-15(19)8-6-14/h2-9,19H,10-11,17H2,1H3. The summed E-state index contributed by atoms with van der Waals surface area (Å²) in [6.07, 6.45) is 0. The van der Waals surface area contributed by atoms with E-state index in [0.29, 0.717) is 18.7 Å². The molecule has 4 nitrogen and oxygen atoms in total. The Hall–Kier alpha value is -2.33. The van der Waals surface area contributed by atoms with Crippen molar-refractivity contribution in [3.8, 4) is 5.75 Å². The molecule has 0 spiro atoms. The van der Waals surface area contributed by atoms with Gasteiger partial charge >= 0.3 is 0 Å². The maximum atomic E-state index is 12.2. The summed E-state index contributed by atoms with van der Waals surface area (Å²) < 4.78 is 0. The zero-order valence-corrected chi connectivity index (χ0v) is 11.4. The lowest BCUT2D eigenvalue weighted by Crippen LogP contribution is -2.26. The van der Waals surface area contributed by atoms with Crippen molar-refractivity contribution in [1.29, 1.82) is 0 Å². The molecule has 3 N–H and O–H groups in total. The first-order valence-electron chi connectivity index (χ1n) is 6.42. The number of hydrogen-bond donors (Lipinski definition) is 2. The molecule has 0 fully saturated rings. The van der Waals surface area contributed by atoms with Crippen LogP contribution in [0.4, 0.5) is 0 Å². The predicted molar refractivity (Wildman–Crippen MR) is 78.2 cm³/mol. The monoisotopic (exact) mass is 270 g/mol. The molecule has 0 unspecified atom stereocenters. The van der Waals surface area contributed by atoms with Crippen LogP contribution >= 0.6 is 0 Å². The number of nitrogens with zero attached hydrogens (tertiary/aromatic N) is 1. The van der Waals surface area contributed by atoms with E-state index in [1.165, 1.54) is 12.1 Å². The van der Waals surface area contributed by atoms with Gasteiger partial charge in [0.15, 0.2) is 0 Å². The average molecular weight is 270 g/mol. The average Bonchev–Trinajstić information content (AvgIpc) is 2.47. The highest BCUT2D eigenvalue weighted by Gasteiger charge is 2.12. The molecule has 0 heterocycles. The van der Waals surface area contributed by atoms with Gasteiger partial charge in [-0.3, -0.25) is 4.79 Å². The molecule has 104 valence electrons. The van der Waals surface area contributed by atoms with Crippen molar-refractivity contribution < 1.29 is 9.90 Å². The second kappa shape index (κ2) is 6.21. The summed E-state index contributed by atoms with van der Waals surface area (Å²) in [5.41, 5.74) is 8.26. The van der Waals surface area contributed by atoms with Gasteiger partial charge in [-0.25, -0.2) is 0 Å². The number of carbonyl (C=O) groups excluding carboxylic acids is 1. The summed E-state index contributed by atoms with van der Waals surface area (Å²) in [4.78, 5) is 13.9. The topological polar surface area (TPSA) is 66.6 Å². The first kappa shape index (κ1) is 14.1. The molecular formula is C16H18N2O2. The maximum Gasteiger partial charge on any atom is 0.253 e. The molecule has 2 rings (SSSR count). The van der Waals surface area contributed by atoms with Gasteiger partial charge in [-0.1, -0.05) is 24.3 Å². The van der Waals surface area contributed by atoms with Crippen LogP contribution in [0.15, 0.2) is 48.5 Å². The number of nitrogens with two attached hydrogens (primary N) is 1. The predicted octanol–water partition coefficient (Wildman–Crippen LogP) is 2.12. The smallest absolute Gasteiger partial charge is 0.253 e. The van der Waals surface area contributed by atoms with Crippen LogP contribution in [0.25, 0.3) is 0 Å². The molecule has 0 aromatic heterocycles. The minimum Gasteiger partial charge on any atom is -0.508 e. The van der Waals surface area contributed by atoms with Crippen LogP contribution in [0.1, 0.15) is 21.5 Å². The number of benzene rings is 2. The minimum atomic E-state index is -0.0804. The lowest BCUT2D eigenvalue weighted by molar-refractivity contribution is 0.0785. The molecule has 0 bridgehead atoms. The molecule has 20 heavy (non-hydrogen) atoms. The van der Waals surface area contributed by atoms with Crippen LogP contribution in [-0.2, 0) is 13.1 Å². The van der Waals surface area contributed by atoms with Gasteiger partial charge in [0.2, 0.25) is 0 Å². The maximum absolute atomic E-state index is 12.2. The van der Waals surface area contributed by atoms with E-state index in [1.54, 1.807) is 24.1 Å². The third-order valence-electron chi connectivity index (χ3n) is 3.11. The van der Waals surface area contributed by atoms with Crippen molar-refractivity contribution in [2.24, 2.45) is 5.73 Å². The highest BCUT2D eigenvalue weighted by molar-refractivity contribution is 5.94. The quantitative estimate of drug-likeness (QED) is 0.894. The summed E-state index contributed by atoms with van der Waals surface area (Å²) in [6.45, 7) is 1.01. The molecule has 0 radical (unpaired) electrons. The van der Waals surface area contributed by atoms with E-state index in [0.717, 1.165) is 11.1 Å². The molecule has 0 aliphatic heterocycles. The van der Waals surface area contributed by atoms with Crippen molar-refractivity contribution >= 4 is 5.91 Å². The third kappa shape index (κ3) is 3.36. The van der Waals surface area contributed by atoms with Gasteiger partial charge in [-0.05, 0) is 35.4 Å². The first-order valence-corrected chi connectivity index (χ1v) is 6.42. The van der Waals surface area contributed by atoms with E-state index in [2.05, 4.69) is 0 Å². The van der Waals surface area contributed by atoms with Crippen LogP contribution in [0.5, 0.6) is 5.75 Å². The number of amides is 1. The highest BCUT2D eigenvalue weighted by atomic mass is 16.3. The normalized spacial score (nSPS) is 10.3. The second-order valence-electron chi connectivity index (χ2n) is 4.73. The zero-order chi connectivity index (χ0) is 14.5. The molecule has 2 aromatic carbocycles. The first-order chi connectivity index (χ1) is 9.60. The van der Waals surface area contributed by atoms with Crippen LogP contribution in [0, 0.1) is 0 Å². The lowest BCUT2D eigenvalue weighted by atomic mass is 10.1. The van der Waals surface area contributed by atoms with Gasteiger partial charge in [0.1, 0.15) is 5.75 Å². The SMILES string of the molecule is CN(Cc1cccc(CN)c1)C(=O)c1ccc(O)cc1. The fourth-order valence-electron chi connectivity index (χ4n) is 2.03. The van der Waals surface area contributed by atoms with Crippen LogP contribution < -0.4 is 5.73 Å². The summed E-state index contributed by atoms with van der Waals surface area (Å²) >= 11 is 0. The summed E-state index contributed by atoms with van der Waals surface area (Å²) in [6, 6.07) is 14.1. The number of phenolic OH excluding ortho intramolecular Hbond substituents is 1. The van der Waals surface area contributed by atoms with Gasteiger partial charge in [0.05, 0.1) is 0 Å². The van der Waals surface area contributed by atoms with Crippen molar-refractivity contribution in [3.63, 3.8) is 0 Å². The Bertz CT molecular complexity index is 594. The van der Waals surface area contributed by atoms with E-state index in [9.17, 15) is 9.90 Å². The van der Waals surface area contributed by atoms with E-state index in [1.807, 2.05) is 24.3 Å². The van der Waals surface area contributed by atoms with Crippen molar-refractivity contribution in [3.05, 3.63) is 65.2 Å². The Labute approximate surface area is 118 Å². The largest absolute Gasteiger partial charge is 0.508 e. The van der Waals surface area contributed by atoms with Crippen LogP contribution in [-0.4, -0.2) is 23.0 Å². The van der Waals surface area contributed by atoms with Gasteiger partial charge in [0.25, 0.3) is 5.91 Å². The van der Waals surface area contributed by atoms with E-state index >= 15 is 0 Å². The molecular weight excluding hydrogens is 252 g/mol. The number of hydrogen-bond acceptors (Lipinski definition) is 3. The van der Waals surface area contributed by atoms with E-state index in [-0.39, 0.29) is 11.7 Å². The Morgan fingerprint density at radius 2 is 1.80 bits per heavy atom. The van der Waals surface area contributed by atoms with Gasteiger partial charge < -0.3 is 15.7 Å². The summed E-state index contributed by atoms with van der Waals surface area (Å²) in [7, 11) is 1.75. The minimum absolute atomic E-state index is 0.0804. The van der Waals surface area contributed by atoms with Gasteiger partial charge in [0, 0.05) is 25.7 Å². The molecule has 0 saturated heterocycles. The second-order valence-corrected chi connectivity index (χ2v) is 4.73. The zero-order valence-electron chi connectivity index (χ0n) is 11.4. The fraction of sp³-hybridized carbons (Fsp3) is 0.188. The van der Waals surface area contributed by atoms with Crippen LogP contribution in [0.3, 0.4) is 0 Å². The Kier molecular flexibility index (Phi) is 4.38. The number of aromatic hydroxyl groups is 1. The van der Waals surface area contributed by atoms with Crippen LogP contribution in [0.2, 0.25) is 0 Å². The third-order valence-corrected chi connectivity index (χ3v) is 3.11. The molecule has 0 saturated carbocycles. The summed E-state index contributed by atoms with van der Waals surface area (Å²) in [5.74, 6) is 0.0722. The molecule has 2 aromatic rings. The Balaban J connectivity index is 2.09. The van der Waals surface area contributed by atoms with Gasteiger partial charge in [-0.15, -0.1) is 0 Å². The van der Waals surface area contributed by atoms with Gasteiger partial charge in [-0.2, -0.15) is 0 Å². The van der Waals surface area contributed by atoms with Crippen molar-refractivity contribution in [2.45, 2.75) is 13.1 Å². The van der Waals surface area contributed by atoms with E-state index in [4.69, 9.17) is 5.73 Å². The van der Waals surface area contributed by atoms with Crippen molar-refractivity contribution in [1.82, 2.24) is 4.90 Å². The van der Waals surface area contributed by atoms with E-state index < -0.39 is 0 Å².